The molecule has 6 heteroatoms. The molecule has 1 saturated heterocycles. The third-order valence-corrected chi connectivity index (χ3v) is 6.14. The largest absolute Gasteiger partial charge is 0.322 e. The molecule has 0 aromatic heterocycles. The van der Waals surface area contributed by atoms with E-state index in [1.54, 1.807) is 0 Å². The van der Waals surface area contributed by atoms with Crippen molar-refractivity contribution >= 4 is 34.9 Å². The second-order valence-electron chi connectivity index (χ2n) is 7.28. The van der Waals surface area contributed by atoms with Crippen molar-refractivity contribution in [2.45, 2.75) is 25.8 Å². The van der Waals surface area contributed by atoms with Crippen molar-refractivity contribution in [1.29, 1.82) is 0 Å². The van der Waals surface area contributed by atoms with Crippen LogP contribution in [0.15, 0.2) is 36.4 Å². The number of amides is 2. The van der Waals surface area contributed by atoms with Gasteiger partial charge in [0.25, 0.3) is 0 Å². The van der Waals surface area contributed by atoms with E-state index in [1.807, 2.05) is 29.2 Å². The number of hydrogen-bond donors (Lipinski definition) is 1. The van der Waals surface area contributed by atoms with E-state index in [0.717, 1.165) is 56.8 Å². The number of aryl methyl sites for hydroxylation is 2. The lowest BCUT2D eigenvalue weighted by atomic mass is 10.1. The third-order valence-electron chi connectivity index (χ3n) is 5.40. The van der Waals surface area contributed by atoms with Gasteiger partial charge in [0.05, 0.1) is 10.0 Å². The lowest BCUT2D eigenvalue weighted by Gasteiger charge is -2.34. The number of rotatable bonds is 3. The van der Waals surface area contributed by atoms with Crippen molar-refractivity contribution in [2.75, 3.05) is 31.5 Å². The molecule has 0 spiro atoms. The van der Waals surface area contributed by atoms with Gasteiger partial charge in [0, 0.05) is 38.4 Å². The van der Waals surface area contributed by atoms with Gasteiger partial charge < -0.3 is 10.2 Å². The number of anilines is 1. The van der Waals surface area contributed by atoms with Crippen molar-refractivity contribution in [1.82, 2.24) is 9.80 Å². The maximum atomic E-state index is 12.6. The minimum atomic E-state index is -0.0119. The summed E-state index contributed by atoms with van der Waals surface area (Å²) in [5.74, 6) is 0. The number of fused-ring (bicyclic) bond motifs is 1. The molecule has 0 atom stereocenters. The molecule has 2 aliphatic rings. The Morgan fingerprint density at radius 2 is 1.70 bits per heavy atom. The highest BCUT2D eigenvalue weighted by Crippen LogP contribution is 2.25. The van der Waals surface area contributed by atoms with Crippen molar-refractivity contribution < 1.29 is 4.79 Å². The molecule has 0 bridgehead atoms. The van der Waals surface area contributed by atoms with Gasteiger partial charge in [-0.3, -0.25) is 4.90 Å². The van der Waals surface area contributed by atoms with Gasteiger partial charge in [0.1, 0.15) is 0 Å². The minimum Gasteiger partial charge on any atom is -0.322 e. The molecule has 142 valence electrons. The molecule has 0 unspecified atom stereocenters. The zero-order chi connectivity index (χ0) is 18.8. The van der Waals surface area contributed by atoms with Crippen molar-refractivity contribution in [3.63, 3.8) is 0 Å². The van der Waals surface area contributed by atoms with Crippen LogP contribution in [0.2, 0.25) is 10.0 Å². The van der Waals surface area contributed by atoms with Gasteiger partial charge in [-0.15, -0.1) is 0 Å². The molecule has 1 aliphatic heterocycles. The summed E-state index contributed by atoms with van der Waals surface area (Å²) in [6, 6.07) is 12.0. The van der Waals surface area contributed by atoms with E-state index in [-0.39, 0.29) is 6.03 Å². The summed E-state index contributed by atoms with van der Waals surface area (Å²) in [6.45, 7) is 3.95. The summed E-state index contributed by atoms with van der Waals surface area (Å²) < 4.78 is 0. The highest BCUT2D eigenvalue weighted by atomic mass is 35.5. The Morgan fingerprint density at radius 3 is 2.48 bits per heavy atom. The predicted molar refractivity (Wildman–Crippen MR) is 111 cm³/mol. The van der Waals surface area contributed by atoms with E-state index < -0.39 is 0 Å². The maximum absolute atomic E-state index is 12.6. The molecule has 1 N–H and O–H groups in total. The van der Waals surface area contributed by atoms with Crippen LogP contribution in [0.3, 0.4) is 0 Å². The van der Waals surface area contributed by atoms with Gasteiger partial charge in [-0.05, 0) is 60.2 Å². The van der Waals surface area contributed by atoms with Gasteiger partial charge >= 0.3 is 6.03 Å². The van der Waals surface area contributed by atoms with Crippen LogP contribution in [0.4, 0.5) is 10.5 Å². The summed E-state index contributed by atoms with van der Waals surface area (Å²) >= 11 is 12.1. The Hall–Kier alpha value is -1.75. The molecule has 0 saturated carbocycles. The second-order valence-corrected chi connectivity index (χ2v) is 8.09. The predicted octanol–water partition coefficient (Wildman–Crippen LogP) is 4.83. The number of benzene rings is 2. The molecule has 4 nitrogen and oxygen atoms in total. The van der Waals surface area contributed by atoms with Crippen LogP contribution in [0.1, 0.15) is 23.1 Å². The summed E-state index contributed by atoms with van der Waals surface area (Å²) in [6.07, 6.45) is 3.49. The van der Waals surface area contributed by atoms with Crippen LogP contribution < -0.4 is 5.32 Å². The van der Waals surface area contributed by atoms with Gasteiger partial charge in [-0.25, -0.2) is 4.79 Å². The molecular weight excluding hydrogens is 381 g/mol. The molecule has 2 amide bonds. The molecule has 2 aromatic carbocycles. The van der Waals surface area contributed by atoms with Crippen LogP contribution >= 0.6 is 23.2 Å². The first-order chi connectivity index (χ1) is 13.1. The van der Waals surface area contributed by atoms with Gasteiger partial charge in [-0.2, -0.15) is 0 Å². The van der Waals surface area contributed by atoms with Crippen LogP contribution in [-0.2, 0) is 19.4 Å². The average molecular weight is 404 g/mol. The standard InChI is InChI=1S/C21H23Cl2N3O/c22-19-7-4-15(12-20(19)23)14-25-8-10-26(11-9-25)21(27)24-18-6-5-16-2-1-3-17(16)13-18/h4-7,12-13H,1-3,8-11,14H2,(H,24,27). The highest BCUT2D eigenvalue weighted by Gasteiger charge is 2.22. The molecule has 1 aliphatic carbocycles. The summed E-state index contributed by atoms with van der Waals surface area (Å²) in [7, 11) is 0. The van der Waals surface area contributed by atoms with E-state index in [4.69, 9.17) is 23.2 Å². The van der Waals surface area contributed by atoms with E-state index in [2.05, 4.69) is 22.3 Å². The molecule has 0 radical (unpaired) electrons. The molecule has 1 heterocycles. The van der Waals surface area contributed by atoms with E-state index >= 15 is 0 Å². The monoisotopic (exact) mass is 403 g/mol. The number of halogens is 2. The minimum absolute atomic E-state index is 0.0119. The molecule has 2 aromatic rings. The summed E-state index contributed by atoms with van der Waals surface area (Å²) in [5, 5.41) is 4.22. The Bertz CT molecular complexity index is 847. The fourth-order valence-electron chi connectivity index (χ4n) is 3.86. The molecule has 27 heavy (non-hydrogen) atoms. The Kier molecular flexibility index (Phi) is 5.58. The third kappa shape index (κ3) is 4.40. The van der Waals surface area contributed by atoms with Crippen LogP contribution in [-0.4, -0.2) is 42.0 Å². The van der Waals surface area contributed by atoms with Crippen molar-refractivity contribution in [3.05, 3.63) is 63.1 Å². The van der Waals surface area contributed by atoms with Crippen LogP contribution in [0.5, 0.6) is 0 Å². The number of carbonyl (C=O) groups is 1. The first-order valence-corrected chi connectivity index (χ1v) is 10.2. The normalized spacial score (nSPS) is 17.0. The molecule has 4 rings (SSSR count). The Labute approximate surface area is 170 Å². The SMILES string of the molecule is O=C(Nc1ccc2c(c1)CCC2)N1CCN(Cc2ccc(Cl)c(Cl)c2)CC1. The first-order valence-electron chi connectivity index (χ1n) is 9.42. The Balaban J connectivity index is 1.29. The maximum Gasteiger partial charge on any atom is 0.321 e. The zero-order valence-corrected chi connectivity index (χ0v) is 16.7. The second kappa shape index (κ2) is 8.09. The van der Waals surface area contributed by atoms with Gasteiger partial charge in [0.2, 0.25) is 0 Å². The van der Waals surface area contributed by atoms with Gasteiger partial charge in [-0.1, -0.05) is 35.3 Å². The molecular formula is C21H23Cl2N3O. The smallest absolute Gasteiger partial charge is 0.321 e. The van der Waals surface area contributed by atoms with E-state index in [0.29, 0.717) is 10.0 Å². The number of urea groups is 1. The summed E-state index contributed by atoms with van der Waals surface area (Å²) in [5.41, 5.74) is 4.84. The number of hydrogen-bond acceptors (Lipinski definition) is 2. The first kappa shape index (κ1) is 18.6. The zero-order valence-electron chi connectivity index (χ0n) is 15.2. The topological polar surface area (TPSA) is 35.6 Å². The van der Waals surface area contributed by atoms with E-state index in [9.17, 15) is 4.79 Å². The van der Waals surface area contributed by atoms with Crippen LogP contribution in [0.25, 0.3) is 0 Å². The summed E-state index contributed by atoms with van der Waals surface area (Å²) in [4.78, 5) is 16.8. The fraction of sp³-hybridized carbons (Fsp3) is 0.381. The van der Waals surface area contributed by atoms with E-state index in [1.165, 1.54) is 17.5 Å². The molecule has 1 fully saturated rings. The lowest BCUT2D eigenvalue weighted by Crippen LogP contribution is -2.49. The van der Waals surface area contributed by atoms with Crippen molar-refractivity contribution in [2.24, 2.45) is 0 Å². The number of carbonyl (C=O) groups excluding carboxylic acids is 1. The number of nitrogens with zero attached hydrogens (tertiary/aromatic N) is 2. The van der Waals surface area contributed by atoms with Gasteiger partial charge in [0.15, 0.2) is 0 Å². The lowest BCUT2D eigenvalue weighted by molar-refractivity contribution is 0.143. The fourth-order valence-corrected chi connectivity index (χ4v) is 4.18. The Morgan fingerprint density at radius 1 is 0.926 bits per heavy atom. The van der Waals surface area contributed by atoms with Crippen LogP contribution in [0, 0.1) is 0 Å². The quantitative estimate of drug-likeness (QED) is 0.795. The number of piperazine rings is 1. The average Bonchev–Trinajstić information content (AvgIpc) is 3.13. The van der Waals surface area contributed by atoms with Crippen molar-refractivity contribution in [3.8, 4) is 0 Å². The highest BCUT2D eigenvalue weighted by molar-refractivity contribution is 6.42. The number of nitrogens with one attached hydrogen (secondary N) is 1.